The molecule has 0 fully saturated rings. The molecule has 0 bridgehead atoms. The fourth-order valence-electron chi connectivity index (χ4n) is 1.53. The Morgan fingerprint density at radius 3 is 2.88 bits per heavy atom. The number of hydrogen-bond acceptors (Lipinski definition) is 2. The third-order valence-electron chi connectivity index (χ3n) is 2.28. The fraction of sp³-hybridized carbons (Fsp3) is 0.0833. The highest BCUT2D eigenvalue weighted by atomic mass is 35.5. The number of anilines is 1. The first-order chi connectivity index (χ1) is 8.11. The second-order valence-corrected chi connectivity index (χ2v) is 3.91. The van der Waals surface area contributed by atoms with Crippen molar-refractivity contribution in [2.45, 2.75) is 6.54 Å². The van der Waals surface area contributed by atoms with Gasteiger partial charge in [0.2, 0.25) is 0 Å². The molecular formula is C12H9ClFN3. The zero-order valence-electron chi connectivity index (χ0n) is 8.82. The number of nitrogens with two attached hydrogens (primary N) is 1. The van der Waals surface area contributed by atoms with E-state index in [0.29, 0.717) is 28.6 Å². The molecule has 0 amide bonds. The van der Waals surface area contributed by atoms with E-state index in [0.717, 1.165) is 0 Å². The van der Waals surface area contributed by atoms with Crippen molar-refractivity contribution in [1.29, 1.82) is 0 Å². The van der Waals surface area contributed by atoms with Gasteiger partial charge in [0.05, 0.1) is 12.9 Å². The van der Waals surface area contributed by atoms with Gasteiger partial charge in [-0.1, -0.05) is 17.5 Å². The minimum absolute atomic E-state index is 0.297. The third kappa shape index (κ3) is 2.24. The molecule has 1 heterocycles. The molecule has 1 aromatic carbocycles. The Hall–Kier alpha value is -1.99. The number of hydrogen-bond donors (Lipinski definition) is 1. The van der Waals surface area contributed by atoms with E-state index in [1.165, 1.54) is 18.5 Å². The number of imidazole rings is 1. The van der Waals surface area contributed by atoms with Crippen LogP contribution in [0.2, 0.25) is 5.02 Å². The number of benzene rings is 1. The average molecular weight is 250 g/mol. The molecule has 0 aliphatic carbocycles. The van der Waals surface area contributed by atoms with Crippen molar-refractivity contribution in [1.82, 2.24) is 9.55 Å². The Balaban J connectivity index is 2.50. The molecule has 2 rings (SSSR count). The summed E-state index contributed by atoms with van der Waals surface area (Å²) in [4.78, 5) is 4.10. The highest BCUT2D eigenvalue weighted by molar-refractivity contribution is 6.30. The molecule has 1 aromatic heterocycles. The Morgan fingerprint density at radius 2 is 2.24 bits per heavy atom. The van der Waals surface area contributed by atoms with Crippen LogP contribution in [0, 0.1) is 18.2 Å². The lowest BCUT2D eigenvalue weighted by Gasteiger charge is -2.03. The quantitative estimate of drug-likeness (QED) is 0.832. The van der Waals surface area contributed by atoms with Crippen LogP contribution in [0.25, 0.3) is 11.3 Å². The van der Waals surface area contributed by atoms with Crippen LogP contribution >= 0.6 is 11.6 Å². The van der Waals surface area contributed by atoms with Crippen molar-refractivity contribution in [2.24, 2.45) is 0 Å². The molecule has 0 atom stereocenters. The fourth-order valence-corrected chi connectivity index (χ4v) is 1.75. The number of aromatic nitrogens is 2. The summed E-state index contributed by atoms with van der Waals surface area (Å²) in [6.45, 7) is 0.321. The lowest BCUT2D eigenvalue weighted by molar-refractivity contribution is 0.628. The summed E-state index contributed by atoms with van der Waals surface area (Å²) >= 11 is 5.77. The lowest BCUT2D eigenvalue weighted by Crippen LogP contribution is -2.00. The average Bonchev–Trinajstić information content (AvgIpc) is 2.60. The molecule has 0 spiro atoms. The molecule has 0 radical (unpaired) electrons. The van der Waals surface area contributed by atoms with Gasteiger partial charge >= 0.3 is 0 Å². The van der Waals surface area contributed by atoms with Crippen LogP contribution in [0.4, 0.5) is 10.2 Å². The molecule has 86 valence electrons. The van der Waals surface area contributed by atoms with Crippen molar-refractivity contribution in [2.75, 3.05) is 5.73 Å². The number of rotatable bonds is 2. The number of halogens is 2. The van der Waals surface area contributed by atoms with Crippen molar-refractivity contribution in [3.63, 3.8) is 0 Å². The lowest BCUT2D eigenvalue weighted by atomic mass is 10.1. The summed E-state index contributed by atoms with van der Waals surface area (Å²) in [6.07, 6.45) is 6.71. The van der Waals surface area contributed by atoms with Crippen LogP contribution in [0.15, 0.2) is 24.5 Å². The van der Waals surface area contributed by atoms with Crippen molar-refractivity contribution in [3.8, 4) is 23.6 Å². The summed E-state index contributed by atoms with van der Waals surface area (Å²) in [6, 6.07) is 4.15. The summed E-state index contributed by atoms with van der Waals surface area (Å²) in [5.41, 5.74) is 6.87. The van der Waals surface area contributed by atoms with E-state index in [1.54, 1.807) is 10.6 Å². The van der Waals surface area contributed by atoms with Crippen LogP contribution in [0.1, 0.15) is 0 Å². The van der Waals surface area contributed by atoms with E-state index in [-0.39, 0.29) is 0 Å². The van der Waals surface area contributed by atoms with Gasteiger partial charge in [-0.15, -0.1) is 6.42 Å². The maximum absolute atomic E-state index is 13.2. The standard InChI is InChI=1S/C12H9ClFN3/c1-2-3-17-7-16-11(12(17)15)8-4-9(13)6-10(14)5-8/h1,4-7H,3,15H2. The Labute approximate surface area is 103 Å². The summed E-state index contributed by atoms with van der Waals surface area (Å²) < 4.78 is 14.8. The maximum Gasteiger partial charge on any atom is 0.132 e. The molecule has 2 aromatic rings. The van der Waals surface area contributed by atoms with E-state index in [1.807, 2.05) is 0 Å². The molecule has 17 heavy (non-hydrogen) atoms. The van der Waals surface area contributed by atoms with E-state index in [4.69, 9.17) is 23.8 Å². The SMILES string of the molecule is C#CCn1cnc(-c2cc(F)cc(Cl)c2)c1N. The third-order valence-corrected chi connectivity index (χ3v) is 2.49. The highest BCUT2D eigenvalue weighted by Gasteiger charge is 2.11. The molecule has 0 saturated carbocycles. The zero-order valence-corrected chi connectivity index (χ0v) is 9.58. The summed E-state index contributed by atoms with van der Waals surface area (Å²) in [5.74, 6) is 2.42. The van der Waals surface area contributed by atoms with Crippen LogP contribution in [0.3, 0.4) is 0 Å². The summed E-state index contributed by atoms with van der Waals surface area (Å²) in [5, 5.41) is 0.297. The highest BCUT2D eigenvalue weighted by Crippen LogP contribution is 2.27. The predicted molar refractivity (Wildman–Crippen MR) is 65.9 cm³/mol. The van der Waals surface area contributed by atoms with Gasteiger partial charge in [-0.2, -0.15) is 0 Å². The van der Waals surface area contributed by atoms with Crippen molar-refractivity contribution in [3.05, 3.63) is 35.4 Å². The minimum atomic E-state index is -0.432. The Bertz CT molecular complexity index is 578. The molecule has 2 N–H and O–H groups in total. The first-order valence-electron chi connectivity index (χ1n) is 4.82. The van der Waals surface area contributed by atoms with E-state index >= 15 is 0 Å². The van der Waals surface area contributed by atoms with E-state index in [9.17, 15) is 4.39 Å². The van der Waals surface area contributed by atoms with Gasteiger partial charge in [0.25, 0.3) is 0 Å². The normalized spacial score (nSPS) is 10.2. The predicted octanol–water partition coefficient (Wildman–Crippen LogP) is 2.56. The van der Waals surface area contributed by atoms with Crippen molar-refractivity contribution < 1.29 is 4.39 Å². The van der Waals surface area contributed by atoms with Gasteiger partial charge in [-0.05, 0) is 18.2 Å². The minimum Gasteiger partial charge on any atom is -0.383 e. The first kappa shape index (κ1) is 11.5. The number of nitrogen functional groups attached to an aromatic ring is 1. The smallest absolute Gasteiger partial charge is 0.132 e. The molecule has 0 aliphatic heterocycles. The molecule has 0 unspecified atom stereocenters. The van der Waals surface area contributed by atoms with Gasteiger partial charge in [0.1, 0.15) is 17.3 Å². The zero-order chi connectivity index (χ0) is 12.4. The molecule has 0 aliphatic rings. The molecule has 5 heteroatoms. The second kappa shape index (κ2) is 4.48. The molecule has 0 saturated heterocycles. The molecular weight excluding hydrogens is 241 g/mol. The van der Waals surface area contributed by atoms with Gasteiger partial charge in [0.15, 0.2) is 0 Å². The van der Waals surface area contributed by atoms with E-state index < -0.39 is 5.82 Å². The van der Waals surface area contributed by atoms with Gasteiger partial charge in [0, 0.05) is 10.6 Å². The second-order valence-electron chi connectivity index (χ2n) is 3.47. The largest absolute Gasteiger partial charge is 0.383 e. The first-order valence-corrected chi connectivity index (χ1v) is 5.20. The topological polar surface area (TPSA) is 43.8 Å². The van der Waals surface area contributed by atoms with Crippen LogP contribution in [0.5, 0.6) is 0 Å². The Kier molecular flexibility index (Phi) is 3.03. The molecule has 3 nitrogen and oxygen atoms in total. The van der Waals surface area contributed by atoms with E-state index in [2.05, 4.69) is 10.9 Å². The van der Waals surface area contributed by atoms with Crippen molar-refractivity contribution >= 4 is 17.4 Å². The number of nitrogens with zero attached hydrogens (tertiary/aromatic N) is 2. The van der Waals surface area contributed by atoms with Gasteiger partial charge < -0.3 is 10.3 Å². The van der Waals surface area contributed by atoms with Crippen LogP contribution in [-0.4, -0.2) is 9.55 Å². The van der Waals surface area contributed by atoms with Crippen LogP contribution in [-0.2, 0) is 6.54 Å². The monoisotopic (exact) mass is 249 g/mol. The van der Waals surface area contributed by atoms with Crippen LogP contribution < -0.4 is 5.73 Å². The van der Waals surface area contributed by atoms with Gasteiger partial charge in [-0.25, -0.2) is 9.37 Å². The Morgan fingerprint density at radius 1 is 1.47 bits per heavy atom. The maximum atomic E-state index is 13.2. The number of terminal acetylenes is 1. The summed E-state index contributed by atoms with van der Waals surface area (Å²) in [7, 11) is 0. The van der Waals surface area contributed by atoms with Gasteiger partial charge in [-0.3, -0.25) is 0 Å².